The largest absolute Gasteiger partial charge is 0.508 e. The minimum Gasteiger partial charge on any atom is -0.508 e. The van der Waals surface area contributed by atoms with Crippen molar-refractivity contribution in [1.82, 2.24) is 0 Å². The summed E-state index contributed by atoms with van der Waals surface area (Å²) >= 11 is 0. The first-order chi connectivity index (χ1) is 11.7. The second-order valence-electron chi connectivity index (χ2n) is 5.48. The molecule has 0 saturated heterocycles. The van der Waals surface area contributed by atoms with Crippen molar-refractivity contribution in [2.45, 2.75) is 5.92 Å². The van der Waals surface area contributed by atoms with Gasteiger partial charge in [-0.25, -0.2) is 0 Å². The lowest BCUT2D eigenvalue weighted by molar-refractivity contribution is 0.334. The van der Waals surface area contributed by atoms with Crippen molar-refractivity contribution in [3.63, 3.8) is 0 Å². The molecule has 1 unspecified atom stereocenters. The first-order valence-electron chi connectivity index (χ1n) is 7.61. The van der Waals surface area contributed by atoms with Crippen molar-refractivity contribution in [3.05, 3.63) is 89.5 Å². The molecule has 0 amide bonds. The van der Waals surface area contributed by atoms with E-state index in [0.717, 1.165) is 22.4 Å². The van der Waals surface area contributed by atoms with Gasteiger partial charge in [0.2, 0.25) is 0 Å². The predicted octanol–water partition coefficient (Wildman–Crippen LogP) is 3.83. The highest BCUT2D eigenvalue weighted by Gasteiger charge is 2.17. The monoisotopic (exact) mass is 321 g/mol. The van der Waals surface area contributed by atoms with E-state index in [1.807, 2.05) is 60.7 Å². The van der Waals surface area contributed by atoms with Crippen LogP contribution >= 0.6 is 0 Å². The summed E-state index contributed by atoms with van der Waals surface area (Å²) in [4.78, 5) is 4.76. The van der Waals surface area contributed by atoms with Crippen molar-refractivity contribution in [2.24, 2.45) is 5.90 Å². The Kier molecular flexibility index (Phi) is 4.68. The van der Waals surface area contributed by atoms with Crippen molar-refractivity contribution in [3.8, 4) is 17.2 Å². The molecule has 0 heterocycles. The predicted molar refractivity (Wildman–Crippen MR) is 93.3 cm³/mol. The van der Waals surface area contributed by atoms with Crippen LogP contribution in [0, 0.1) is 0 Å². The highest BCUT2D eigenvalue weighted by Crippen LogP contribution is 2.34. The number of aromatic hydroxyl groups is 1. The lowest BCUT2D eigenvalue weighted by atomic mass is 9.85. The van der Waals surface area contributed by atoms with Crippen molar-refractivity contribution < 1.29 is 14.7 Å². The molecular weight excluding hydrogens is 302 g/mol. The minimum atomic E-state index is 0.0309. The average Bonchev–Trinajstić information content (AvgIpc) is 2.64. The number of rotatable bonds is 5. The molecule has 0 aliphatic rings. The van der Waals surface area contributed by atoms with Gasteiger partial charge in [-0.2, -0.15) is 5.90 Å². The van der Waals surface area contributed by atoms with Gasteiger partial charge in [0.05, 0.1) is 7.11 Å². The molecule has 0 aromatic heterocycles. The third-order valence-corrected chi connectivity index (χ3v) is 4.03. The highest BCUT2D eigenvalue weighted by atomic mass is 16.6. The van der Waals surface area contributed by atoms with Gasteiger partial charge in [0.15, 0.2) is 0 Å². The summed E-state index contributed by atoms with van der Waals surface area (Å²) < 4.78 is 5.24. The maximum Gasteiger partial charge on any atom is 0.146 e. The number of hydrogen-bond donors (Lipinski definition) is 2. The Morgan fingerprint density at radius 1 is 0.708 bits per heavy atom. The molecular formula is C20H19NO3. The number of hydrogen-bond acceptors (Lipinski definition) is 4. The summed E-state index contributed by atoms with van der Waals surface area (Å²) in [6, 6.07) is 22.9. The number of phenolic OH excluding ortho intramolecular Hbond substituents is 1. The number of ether oxygens (including phenoxy) is 1. The highest BCUT2D eigenvalue weighted by molar-refractivity contribution is 5.46. The van der Waals surface area contributed by atoms with Gasteiger partial charge in [0.25, 0.3) is 0 Å². The zero-order valence-corrected chi connectivity index (χ0v) is 13.3. The third-order valence-electron chi connectivity index (χ3n) is 4.03. The molecule has 0 aliphatic heterocycles. The molecule has 1 atom stereocenters. The van der Waals surface area contributed by atoms with Crippen LogP contribution in [-0.2, 0) is 0 Å². The smallest absolute Gasteiger partial charge is 0.146 e. The second kappa shape index (κ2) is 7.06. The molecule has 122 valence electrons. The zero-order chi connectivity index (χ0) is 16.9. The van der Waals surface area contributed by atoms with Crippen molar-refractivity contribution in [1.29, 1.82) is 0 Å². The van der Waals surface area contributed by atoms with E-state index in [-0.39, 0.29) is 11.7 Å². The fourth-order valence-electron chi connectivity index (χ4n) is 2.78. The van der Waals surface area contributed by atoms with Crippen LogP contribution in [-0.4, -0.2) is 12.2 Å². The van der Waals surface area contributed by atoms with Crippen LogP contribution < -0.4 is 15.5 Å². The van der Waals surface area contributed by atoms with Crippen LogP contribution in [0.15, 0.2) is 72.8 Å². The molecule has 4 heteroatoms. The van der Waals surface area contributed by atoms with E-state index >= 15 is 0 Å². The SMILES string of the molecule is COc1ccc(C(c2ccc(O)cc2)c2ccc(ON)cc2)cc1. The van der Waals surface area contributed by atoms with Gasteiger partial charge in [-0.15, -0.1) is 0 Å². The quantitative estimate of drug-likeness (QED) is 0.554. The van der Waals surface area contributed by atoms with E-state index in [4.69, 9.17) is 15.5 Å². The van der Waals surface area contributed by atoms with Crippen LogP contribution in [0.25, 0.3) is 0 Å². The summed E-state index contributed by atoms with van der Waals surface area (Å²) in [7, 11) is 1.65. The molecule has 0 bridgehead atoms. The van der Waals surface area contributed by atoms with Crippen LogP contribution in [0.3, 0.4) is 0 Å². The topological polar surface area (TPSA) is 64.7 Å². The Balaban J connectivity index is 2.06. The molecule has 0 aliphatic carbocycles. The van der Waals surface area contributed by atoms with Crippen LogP contribution in [0.5, 0.6) is 17.2 Å². The van der Waals surface area contributed by atoms with Crippen LogP contribution in [0.4, 0.5) is 0 Å². The Bertz CT molecular complexity index is 733. The molecule has 4 nitrogen and oxygen atoms in total. The normalized spacial score (nSPS) is 11.8. The number of nitrogens with two attached hydrogens (primary N) is 1. The lowest BCUT2D eigenvalue weighted by Crippen LogP contribution is -2.05. The molecule has 3 rings (SSSR count). The van der Waals surface area contributed by atoms with Gasteiger partial charge in [-0.1, -0.05) is 36.4 Å². The second-order valence-corrected chi connectivity index (χ2v) is 5.48. The first-order valence-corrected chi connectivity index (χ1v) is 7.61. The molecule has 0 radical (unpaired) electrons. The van der Waals surface area contributed by atoms with Gasteiger partial charge >= 0.3 is 0 Å². The van der Waals surface area contributed by atoms with Crippen LogP contribution in [0.1, 0.15) is 22.6 Å². The summed E-state index contributed by atoms with van der Waals surface area (Å²) in [6.07, 6.45) is 0. The Hall–Kier alpha value is -2.98. The van der Waals surface area contributed by atoms with E-state index in [0.29, 0.717) is 5.75 Å². The van der Waals surface area contributed by atoms with Gasteiger partial charge in [0, 0.05) is 5.92 Å². The molecule has 0 spiro atoms. The van der Waals surface area contributed by atoms with Gasteiger partial charge < -0.3 is 14.7 Å². The first kappa shape index (κ1) is 15.9. The summed E-state index contributed by atoms with van der Waals surface area (Å²) in [5.41, 5.74) is 3.31. The maximum absolute atomic E-state index is 9.57. The maximum atomic E-state index is 9.57. The molecule has 0 fully saturated rings. The molecule has 0 saturated carbocycles. The van der Waals surface area contributed by atoms with E-state index in [9.17, 15) is 5.11 Å². The Labute approximate surface area is 141 Å². The fourth-order valence-corrected chi connectivity index (χ4v) is 2.78. The number of benzene rings is 3. The van der Waals surface area contributed by atoms with E-state index in [2.05, 4.69) is 0 Å². The van der Waals surface area contributed by atoms with Gasteiger partial charge in [-0.3, -0.25) is 0 Å². The standard InChI is InChI=1S/C20H19NO3/c1-23-18-10-4-15(5-11-18)20(14-2-8-17(22)9-3-14)16-6-12-19(24-21)13-7-16/h2-13,20,22H,21H2,1H3. The Morgan fingerprint density at radius 2 is 1.12 bits per heavy atom. The number of methoxy groups -OCH3 is 1. The third kappa shape index (κ3) is 3.34. The van der Waals surface area contributed by atoms with Gasteiger partial charge in [0.1, 0.15) is 17.2 Å². The number of phenols is 1. The zero-order valence-electron chi connectivity index (χ0n) is 13.3. The average molecular weight is 321 g/mol. The van der Waals surface area contributed by atoms with Crippen molar-refractivity contribution in [2.75, 3.05) is 7.11 Å². The minimum absolute atomic E-state index is 0.0309. The lowest BCUT2D eigenvalue weighted by Gasteiger charge is -2.19. The molecule has 3 aromatic rings. The van der Waals surface area contributed by atoms with E-state index < -0.39 is 0 Å². The van der Waals surface area contributed by atoms with Crippen molar-refractivity contribution >= 4 is 0 Å². The molecule has 3 aromatic carbocycles. The Morgan fingerprint density at radius 3 is 1.54 bits per heavy atom. The molecule has 24 heavy (non-hydrogen) atoms. The fraction of sp³-hybridized carbons (Fsp3) is 0.100. The van der Waals surface area contributed by atoms with E-state index in [1.165, 1.54) is 0 Å². The summed E-state index contributed by atoms with van der Waals surface area (Å²) in [6.45, 7) is 0. The molecule has 3 N–H and O–H groups in total. The summed E-state index contributed by atoms with van der Waals surface area (Å²) in [5.74, 6) is 6.91. The van der Waals surface area contributed by atoms with Crippen LogP contribution in [0.2, 0.25) is 0 Å². The van der Waals surface area contributed by atoms with Gasteiger partial charge in [-0.05, 0) is 53.1 Å². The summed E-state index contributed by atoms with van der Waals surface area (Å²) in [5, 5.41) is 9.57. The van der Waals surface area contributed by atoms with E-state index in [1.54, 1.807) is 19.2 Å².